The minimum Gasteiger partial charge on any atom is -0.372 e. The number of nitrogens with one attached hydrogen (secondary N) is 1. The fraction of sp³-hybridized carbons (Fsp3) is 1.00. The van der Waals surface area contributed by atoms with Gasteiger partial charge in [0, 0.05) is 26.2 Å². The average Bonchev–Trinajstić information content (AvgIpc) is 2.34. The number of hydrogen-bond acceptors (Lipinski definition) is 3. The quantitative estimate of drug-likeness (QED) is 0.715. The zero-order valence-corrected chi connectivity index (χ0v) is 10.5. The lowest BCUT2D eigenvalue weighted by atomic mass is 9.90. The Morgan fingerprint density at radius 2 is 1.93 bits per heavy atom. The second kappa shape index (κ2) is 6.46. The van der Waals surface area contributed by atoms with Gasteiger partial charge in [0.05, 0.1) is 12.2 Å². The van der Waals surface area contributed by atoms with Gasteiger partial charge < -0.3 is 15.0 Å². The molecule has 2 saturated heterocycles. The van der Waals surface area contributed by atoms with Crippen molar-refractivity contribution >= 4 is 0 Å². The molecular weight excluding hydrogens is 188 g/mol. The summed E-state index contributed by atoms with van der Waals surface area (Å²) in [5.41, 5.74) is 0.184. The van der Waals surface area contributed by atoms with Gasteiger partial charge >= 0.3 is 0 Å². The van der Waals surface area contributed by atoms with Gasteiger partial charge in [-0.25, -0.2) is 0 Å². The molecule has 0 amide bonds. The third-order valence-corrected chi connectivity index (χ3v) is 3.35. The van der Waals surface area contributed by atoms with E-state index >= 15 is 0 Å². The molecule has 2 aliphatic rings. The number of ether oxygens (including phenoxy) is 1. The van der Waals surface area contributed by atoms with Gasteiger partial charge in [-0.15, -0.1) is 0 Å². The van der Waals surface area contributed by atoms with Crippen LogP contribution >= 0.6 is 0 Å². The highest BCUT2D eigenvalue weighted by Gasteiger charge is 2.36. The Morgan fingerprint density at radius 3 is 2.40 bits per heavy atom. The summed E-state index contributed by atoms with van der Waals surface area (Å²) in [4.78, 5) is 2.50. The third-order valence-electron chi connectivity index (χ3n) is 3.35. The van der Waals surface area contributed by atoms with Crippen LogP contribution in [0.25, 0.3) is 0 Å². The lowest BCUT2D eigenvalue weighted by molar-refractivity contribution is -0.0990. The second-order valence-corrected chi connectivity index (χ2v) is 4.14. The molecular formula is C12H26N2O. The molecule has 0 aliphatic carbocycles. The van der Waals surface area contributed by atoms with E-state index in [2.05, 4.69) is 17.1 Å². The van der Waals surface area contributed by atoms with Crippen LogP contribution in [-0.2, 0) is 4.74 Å². The monoisotopic (exact) mass is 214 g/mol. The first-order chi connectivity index (χ1) is 7.35. The first-order valence-electron chi connectivity index (χ1n) is 6.42. The molecule has 2 rings (SSSR count). The first kappa shape index (κ1) is 12.9. The maximum absolute atomic E-state index is 5.91. The predicted molar refractivity (Wildman–Crippen MR) is 64.2 cm³/mol. The molecule has 0 radical (unpaired) electrons. The number of morpholine rings is 1. The standard InChI is InChI=1S/C10H20N2O.C2H6/c1-2-12-6-3-10(4-7-12)9-11-5-8-13-10;1-2/h11H,2-9H2,1H3;1-2H3. The highest BCUT2D eigenvalue weighted by atomic mass is 16.5. The smallest absolute Gasteiger partial charge is 0.0831 e. The van der Waals surface area contributed by atoms with Crippen molar-refractivity contribution in [3.63, 3.8) is 0 Å². The molecule has 2 heterocycles. The molecule has 2 aliphatic heterocycles. The van der Waals surface area contributed by atoms with Gasteiger partial charge in [-0.1, -0.05) is 20.8 Å². The van der Waals surface area contributed by atoms with Gasteiger partial charge in [-0.2, -0.15) is 0 Å². The fourth-order valence-electron chi connectivity index (χ4n) is 2.30. The van der Waals surface area contributed by atoms with Crippen LogP contribution < -0.4 is 5.32 Å². The molecule has 0 bridgehead atoms. The molecule has 15 heavy (non-hydrogen) atoms. The predicted octanol–water partition coefficient (Wildman–Crippen LogP) is 1.49. The van der Waals surface area contributed by atoms with Crippen LogP contribution in [-0.4, -0.2) is 49.8 Å². The average molecular weight is 214 g/mol. The number of rotatable bonds is 1. The molecule has 1 N–H and O–H groups in total. The molecule has 3 heteroatoms. The van der Waals surface area contributed by atoms with Crippen molar-refractivity contribution < 1.29 is 4.74 Å². The molecule has 3 nitrogen and oxygen atoms in total. The minimum absolute atomic E-state index is 0.184. The first-order valence-corrected chi connectivity index (χ1v) is 6.42. The summed E-state index contributed by atoms with van der Waals surface area (Å²) in [6, 6.07) is 0. The van der Waals surface area contributed by atoms with Crippen molar-refractivity contribution in [2.45, 2.75) is 39.2 Å². The lowest BCUT2D eigenvalue weighted by Gasteiger charge is -2.43. The van der Waals surface area contributed by atoms with Crippen LogP contribution in [0, 0.1) is 0 Å². The van der Waals surface area contributed by atoms with Crippen LogP contribution in [0.4, 0.5) is 0 Å². The van der Waals surface area contributed by atoms with Crippen molar-refractivity contribution in [3.05, 3.63) is 0 Å². The summed E-state index contributed by atoms with van der Waals surface area (Å²) in [5.74, 6) is 0. The third kappa shape index (κ3) is 3.44. The Bertz CT molecular complexity index is 157. The summed E-state index contributed by atoms with van der Waals surface area (Å²) in [6.07, 6.45) is 2.40. The largest absolute Gasteiger partial charge is 0.372 e. The second-order valence-electron chi connectivity index (χ2n) is 4.14. The molecule has 0 aromatic heterocycles. The zero-order valence-electron chi connectivity index (χ0n) is 10.5. The van der Waals surface area contributed by atoms with E-state index < -0.39 is 0 Å². The molecule has 0 aromatic rings. The maximum Gasteiger partial charge on any atom is 0.0831 e. The van der Waals surface area contributed by atoms with Gasteiger partial charge in [0.1, 0.15) is 0 Å². The zero-order chi connectivity index (χ0) is 11.1. The number of likely N-dealkylation sites (tertiary alicyclic amines) is 1. The van der Waals surface area contributed by atoms with Crippen LogP contribution in [0.1, 0.15) is 33.6 Å². The van der Waals surface area contributed by atoms with E-state index in [1.54, 1.807) is 0 Å². The van der Waals surface area contributed by atoms with Crippen molar-refractivity contribution in [2.24, 2.45) is 0 Å². The summed E-state index contributed by atoms with van der Waals surface area (Å²) < 4.78 is 5.91. The van der Waals surface area contributed by atoms with E-state index in [1.807, 2.05) is 13.8 Å². The Kier molecular flexibility index (Phi) is 5.58. The minimum atomic E-state index is 0.184. The van der Waals surface area contributed by atoms with Gasteiger partial charge in [0.2, 0.25) is 0 Å². The molecule has 0 atom stereocenters. The molecule has 0 unspecified atom stereocenters. The van der Waals surface area contributed by atoms with Crippen LogP contribution in [0.3, 0.4) is 0 Å². The van der Waals surface area contributed by atoms with E-state index in [-0.39, 0.29) is 5.60 Å². The highest BCUT2D eigenvalue weighted by molar-refractivity contribution is 4.91. The number of hydrogen-bond donors (Lipinski definition) is 1. The summed E-state index contributed by atoms with van der Waals surface area (Å²) in [6.45, 7) is 12.8. The Morgan fingerprint density at radius 1 is 1.27 bits per heavy atom. The van der Waals surface area contributed by atoms with Crippen LogP contribution in [0.5, 0.6) is 0 Å². The topological polar surface area (TPSA) is 24.5 Å². The SMILES string of the molecule is CC.CCN1CCC2(CC1)CNCCO2. The maximum atomic E-state index is 5.91. The van der Waals surface area contributed by atoms with E-state index in [0.717, 1.165) is 19.7 Å². The van der Waals surface area contributed by atoms with Crippen LogP contribution in [0.15, 0.2) is 0 Å². The van der Waals surface area contributed by atoms with E-state index in [4.69, 9.17) is 4.74 Å². The van der Waals surface area contributed by atoms with E-state index in [9.17, 15) is 0 Å². The van der Waals surface area contributed by atoms with Gasteiger partial charge in [-0.05, 0) is 19.4 Å². The molecule has 0 saturated carbocycles. The molecule has 2 fully saturated rings. The normalized spacial score (nSPS) is 25.8. The van der Waals surface area contributed by atoms with Crippen molar-refractivity contribution in [1.82, 2.24) is 10.2 Å². The lowest BCUT2D eigenvalue weighted by Crippen LogP contribution is -2.55. The Hall–Kier alpha value is -0.120. The Balaban J connectivity index is 0.000000531. The molecule has 90 valence electrons. The van der Waals surface area contributed by atoms with E-state index in [1.165, 1.54) is 32.5 Å². The van der Waals surface area contributed by atoms with Gasteiger partial charge in [0.15, 0.2) is 0 Å². The fourth-order valence-corrected chi connectivity index (χ4v) is 2.30. The summed E-state index contributed by atoms with van der Waals surface area (Å²) in [5, 5.41) is 3.43. The molecule has 1 spiro atoms. The van der Waals surface area contributed by atoms with Gasteiger partial charge in [0.25, 0.3) is 0 Å². The molecule has 0 aromatic carbocycles. The summed E-state index contributed by atoms with van der Waals surface area (Å²) in [7, 11) is 0. The highest BCUT2D eigenvalue weighted by Crippen LogP contribution is 2.26. The van der Waals surface area contributed by atoms with Crippen molar-refractivity contribution in [1.29, 1.82) is 0 Å². The Labute approximate surface area is 94.2 Å². The van der Waals surface area contributed by atoms with Crippen molar-refractivity contribution in [3.8, 4) is 0 Å². The van der Waals surface area contributed by atoms with Crippen molar-refractivity contribution in [2.75, 3.05) is 39.3 Å². The number of piperidine rings is 1. The van der Waals surface area contributed by atoms with Crippen LogP contribution in [0.2, 0.25) is 0 Å². The summed E-state index contributed by atoms with van der Waals surface area (Å²) >= 11 is 0. The van der Waals surface area contributed by atoms with Gasteiger partial charge in [-0.3, -0.25) is 0 Å². The number of nitrogens with zero attached hydrogens (tertiary/aromatic N) is 1. The van der Waals surface area contributed by atoms with E-state index in [0.29, 0.717) is 0 Å².